The second kappa shape index (κ2) is 7.70. The summed E-state index contributed by atoms with van der Waals surface area (Å²) in [6, 6.07) is 11.1. The van der Waals surface area contributed by atoms with Gasteiger partial charge < -0.3 is 5.32 Å². The van der Waals surface area contributed by atoms with Gasteiger partial charge in [0.05, 0.1) is 5.92 Å². The zero-order valence-electron chi connectivity index (χ0n) is 15.7. The molecule has 2 N–H and O–H groups in total. The Hall–Kier alpha value is -3.02. The van der Waals surface area contributed by atoms with E-state index < -0.39 is 0 Å². The molecule has 2 heterocycles. The van der Waals surface area contributed by atoms with Crippen LogP contribution in [0.25, 0.3) is 0 Å². The lowest BCUT2D eigenvalue weighted by Gasteiger charge is -2.16. The van der Waals surface area contributed by atoms with Crippen molar-refractivity contribution < 1.29 is 14.4 Å². The smallest absolute Gasteiger partial charge is 0.251 e. The highest BCUT2D eigenvalue weighted by Crippen LogP contribution is 2.29. The van der Waals surface area contributed by atoms with E-state index in [2.05, 4.69) is 15.6 Å². The molecule has 3 amide bonds. The third-order valence-corrected chi connectivity index (χ3v) is 4.90. The number of carbonyl (C=O) groups is 3. The first-order valence-electron chi connectivity index (χ1n) is 8.99. The molecule has 6 nitrogen and oxygen atoms in total. The van der Waals surface area contributed by atoms with Crippen molar-refractivity contribution in [1.82, 2.24) is 15.6 Å². The van der Waals surface area contributed by atoms with Gasteiger partial charge in [-0.15, -0.1) is 0 Å². The number of rotatable bonds is 5. The van der Waals surface area contributed by atoms with Gasteiger partial charge in [0.25, 0.3) is 5.91 Å². The average Bonchev–Trinajstić information content (AvgIpc) is 2.96. The van der Waals surface area contributed by atoms with E-state index in [0.29, 0.717) is 12.1 Å². The van der Waals surface area contributed by atoms with Crippen molar-refractivity contribution in [1.29, 1.82) is 0 Å². The molecular weight excluding hydrogens is 342 g/mol. The van der Waals surface area contributed by atoms with Gasteiger partial charge in [0, 0.05) is 29.9 Å². The van der Waals surface area contributed by atoms with Crippen molar-refractivity contribution in [2.75, 3.05) is 0 Å². The van der Waals surface area contributed by atoms with E-state index in [0.717, 1.165) is 22.5 Å². The largest absolute Gasteiger partial charge is 0.348 e. The second-order valence-electron chi connectivity index (χ2n) is 7.07. The third-order valence-electron chi connectivity index (χ3n) is 4.90. The normalized spacial score (nSPS) is 17.5. The van der Waals surface area contributed by atoms with E-state index in [-0.39, 0.29) is 36.0 Å². The summed E-state index contributed by atoms with van der Waals surface area (Å²) in [6.07, 6.45) is 0.215. The van der Waals surface area contributed by atoms with Gasteiger partial charge in [0.1, 0.15) is 0 Å². The molecule has 3 rings (SSSR count). The van der Waals surface area contributed by atoms with Gasteiger partial charge in [-0.3, -0.25) is 24.7 Å². The first-order chi connectivity index (χ1) is 12.8. The summed E-state index contributed by atoms with van der Waals surface area (Å²) in [5.74, 6) is -1.05. The molecule has 1 aromatic heterocycles. The number of pyridine rings is 1. The van der Waals surface area contributed by atoms with Crippen LogP contribution in [-0.4, -0.2) is 22.7 Å². The number of imide groups is 1. The minimum absolute atomic E-state index is 0.0867. The summed E-state index contributed by atoms with van der Waals surface area (Å²) in [7, 11) is 0. The summed E-state index contributed by atoms with van der Waals surface area (Å²) < 4.78 is 0. The molecule has 1 aliphatic rings. The standard InChI is InChI=1S/C21H23N3O3/c1-12-8-15(9-13(2)23-12)11-22-20(26)17-6-4-16(5-7-17)14(3)18-10-19(25)24-21(18)27/h4-9,14,18H,10-11H2,1-3H3,(H,22,26)(H,24,25,27). The van der Waals surface area contributed by atoms with E-state index in [9.17, 15) is 14.4 Å². The van der Waals surface area contributed by atoms with Crippen LogP contribution < -0.4 is 10.6 Å². The molecule has 1 aliphatic heterocycles. The third kappa shape index (κ3) is 4.39. The SMILES string of the molecule is Cc1cc(CNC(=O)c2ccc(C(C)C3CC(=O)NC3=O)cc2)cc(C)n1. The van der Waals surface area contributed by atoms with Crippen molar-refractivity contribution in [2.24, 2.45) is 5.92 Å². The maximum Gasteiger partial charge on any atom is 0.251 e. The summed E-state index contributed by atoms with van der Waals surface area (Å²) in [5.41, 5.74) is 4.34. The molecule has 0 saturated carbocycles. The maximum atomic E-state index is 12.4. The van der Waals surface area contributed by atoms with E-state index in [1.54, 1.807) is 12.1 Å². The number of nitrogens with one attached hydrogen (secondary N) is 2. The lowest BCUT2D eigenvalue weighted by Crippen LogP contribution is -2.24. The second-order valence-corrected chi connectivity index (χ2v) is 7.07. The first-order valence-corrected chi connectivity index (χ1v) is 8.99. The summed E-state index contributed by atoms with van der Waals surface area (Å²) >= 11 is 0. The zero-order chi connectivity index (χ0) is 19.6. The molecule has 140 valence electrons. The molecule has 0 radical (unpaired) electrons. The molecule has 0 aliphatic carbocycles. The van der Waals surface area contributed by atoms with E-state index in [1.807, 2.05) is 45.0 Å². The Bertz CT molecular complexity index is 870. The number of benzene rings is 1. The minimum atomic E-state index is -0.352. The van der Waals surface area contributed by atoms with E-state index in [1.165, 1.54) is 0 Å². The molecule has 1 aromatic carbocycles. The predicted molar refractivity (Wildman–Crippen MR) is 101 cm³/mol. The van der Waals surface area contributed by atoms with Crippen molar-refractivity contribution >= 4 is 17.7 Å². The molecule has 27 heavy (non-hydrogen) atoms. The van der Waals surface area contributed by atoms with Crippen LogP contribution in [0.1, 0.15) is 52.1 Å². The Morgan fingerprint density at radius 2 is 1.81 bits per heavy atom. The Labute approximate surface area is 158 Å². The molecule has 1 fully saturated rings. The van der Waals surface area contributed by atoms with Gasteiger partial charge in [-0.05, 0) is 55.2 Å². The zero-order valence-corrected chi connectivity index (χ0v) is 15.7. The Balaban J connectivity index is 1.63. The summed E-state index contributed by atoms with van der Waals surface area (Å²) in [6.45, 7) is 6.21. The first kappa shape index (κ1) is 18.8. The van der Waals surface area contributed by atoms with Gasteiger partial charge in [-0.25, -0.2) is 0 Å². The minimum Gasteiger partial charge on any atom is -0.348 e. The van der Waals surface area contributed by atoms with Crippen LogP contribution in [0.15, 0.2) is 36.4 Å². The summed E-state index contributed by atoms with van der Waals surface area (Å²) in [5, 5.41) is 5.25. The monoisotopic (exact) mass is 365 g/mol. The number of amides is 3. The molecule has 2 atom stereocenters. The highest BCUT2D eigenvalue weighted by molar-refractivity contribution is 6.03. The molecule has 6 heteroatoms. The summed E-state index contributed by atoms with van der Waals surface area (Å²) in [4.78, 5) is 39.9. The topological polar surface area (TPSA) is 88.2 Å². The van der Waals surface area contributed by atoms with Crippen LogP contribution in [0.2, 0.25) is 0 Å². The number of hydrogen-bond donors (Lipinski definition) is 2. The fourth-order valence-corrected chi connectivity index (χ4v) is 3.46. The number of aryl methyl sites for hydroxylation is 2. The number of carbonyl (C=O) groups excluding carboxylic acids is 3. The highest BCUT2D eigenvalue weighted by atomic mass is 16.2. The van der Waals surface area contributed by atoms with E-state index in [4.69, 9.17) is 0 Å². The number of hydrogen-bond acceptors (Lipinski definition) is 4. The number of nitrogens with zero attached hydrogens (tertiary/aromatic N) is 1. The predicted octanol–water partition coefficient (Wildman–Crippen LogP) is 2.39. The molecule has 2 aromatic rings. The Kier molecular flexibility index (Phi) is 5.35. The lowest BCUT2D eigenvalue weighted by molar-refractivity contribution is -0.126. The Morgan fingerprint density at radius 3 is 2.37 bits per heavy atom. The van der Waals surface area contributed by atoms with Crippen LogP contribution in [0.3, 0.4) is 0 Å². The van der Waals surface area contributed by atoms with Crippen molar-refractivity contribution in [3.05, 3.63) is 64.5 Å². The van der Waals surface area contributed by atoms with Crippen LogP contribution in [-0.2, 0) is 16.1 Å². The highest BCUT2D eigenvalue weighted by Gasteiger charge is 2.35. The van der Waals surface area contributed by atoms with Crippen molar-refractivity contribution in [3.63, 3.8) is 0 Å². The molecular formula is C21H23N3O3. The van der Waals surface area contributed by atoms with Gasteiger partial charge in [-0.2, -0.15) is 0 Å². The molecule has 2 unspecified atom stereocenters. The Morgan fingerprint density at radius 1 is 1.19 bits per heavy atom. The quantitative estimate of drug-likeness (QED) is 0.797. The van der Waals surface area contributed by atoms with Gasteiger partial charge in [0.15, 0.2) is 0 Å². The van der Waals surface area contributed by atoms with E-state index >= 15 is 0 Å². The number of aromatic nitrogens is 1. The fourth-order valence-electron chi connectivity index (χ4n) is 3.46. The molecule has 1 saturated heterocycles. The van der Waals surface area contributed by atoms with Crippen LogP contribution in [0, 0.1) is 19.8 Å². The molecule has 0 bridgehead atoms. The van der Waals surface area contributed by atoms with Gasteiger partial charge >= 0.3 is 0 Å². The van der Waals surface area contributed by atoms with Gasteiger partial charge in [-0.1, -0.05) is 19.1 Å². The fraction of sp³-hybridized carbons (Fsp3) is 0.333. The van der Waals surface area contributed by atoms with Crippen LogP contribution in [0.4, 0.5) is 0 Å². The van der Waals surface area contributed by atoms with Crippen LogP contribution >= 0.6 is 0 Å². The lowest BCUT2D eigenvalue weighted by atomic mass is 9.86. The molecule has 0 spiro atoms. The van der Waals surface area contributed by atoms with Crippen molar-refractivity contribution in [3.8, 4) is 0 Å². The van der Waals surface area contributed by atoms with Gasteiger partial charge in [0.2, 0.25) is 11.8 Å². The van der Waals surface area contributed by atoms with Crippen LogP contribution in [0.5, 0.6) is 0 Å². The maximum absolute atomic E-state index is 12.4. The van der Waals surface area contributed by atoms with Crippen molar-refractivity contribution in [2.45, 2.75) is 39.7 Å². The average molecular weight is 365 g/mol.